The number of halogens is 2. The van der Waals surface area contributed by atoms with Gasteiger partial charge in [-0.1, -0.05) is 0 Å². The number of rotatable bonds is 4. The van der Waals surface area contributed by atoms with Gasteiger partial charge < -0.3 is 15.0 Å². The van der Waals surface area contributed by atoms with Gasteiger partial charge >= 0.3 is 11.7 Å². The number of nitrogens with one attached hydrogen (secondary N) is 3. The predicted octanol–water partition coefficient (Wildman–Crippen LogP) is 0.137. The number of ether oxygens (including phenoxy) is 1. The molecule has 1 heterocycles. The minimum Gasteiger partial charge on any atom is -0.452 e. The summed E-state index contributed by atoms with van der Waals surface area (Å²) < 4.78 is 30.3. The Hall–Kier alpha value is -3.30. The summed E-state index contributed by atoms with van der Waals surface area (Å²) in [5.74, 6) is -4.19. The summed E-state index contributed by atoms with van der Waals surface area (Å²) in [6, 6.07) is 2.68. The van der Waals surface area contributed by atoms with Gasteiger partial charge in [-0.3, -0.25) is 14.6 Å². The van der Waals surface area contributed by atoms with Crippen molar-refractivity contribution in [3.63, 3.8) is 0 Å². The van der Waals surface area contributed by atoms with Gasteiger partial charge in [0.15, 0.2) is 18.2 Å². The lowest BCUT2D eigenvalue weighted by Crippen LogP contribution is -2.29. The van der Waals surface area contributed by atoms with Crippen LogP contribution in [-0.2, 0) is 9.53 Å². The van der Waals surface area contributed by atoms with Gasteiger partial charge in [-0.05, 0) is 12.1 Å². The number of anilines is 1. The summed E-state index contributed by atoms with van der Waals surface area (Å²) in [4.78, 5) is 49.1. The first-order valence-corrected chi connectivity index (χ1v) is 6.11. The highest BCUT2D eigenvalue weighted by Gasteiger charge is 2.14. The largest absolute Gasteiger partial charge is 0.452 e. The second-order valence-corrected chi connectivity index (χ2v) is 4.24. The Balaban J connectivity index is 1.95. The number of esters is 1. The van der Waals surface area contributed by atoms with E-state index in [0.717, 1.165) is 24.4 Å². The monoisotopic (exact) mass is 325 g/mol. The van der Waals surface area contributed by atoms with Crippen molar-refractivity contribution >= 4 is 17.6 Å². The molecule has 1 aromatic carbocycles. The van der Waals surface area contributed by atoms with Crippen LogP contribution in [0.25, 0.3) is 0 Å². The Labute approximate surface area is 126 Å². The van der Waals surface area contributed by atoms with Gasteiger partial charge in [0, 0.05) is 18.0 Å². The summed E-state index contributed by atoms with van der Waals surface area (Å²) in [6.07, 6.45) is 0.844. The molecule has 0 radical (unpaired) electrons. The predicted molar refractivity (Wildman–Crippen MR) is 73.0 cm³/mol. The van der Waals surface area contributed by atoms with Crippen LogP contribution in [0.15, 0.2) is 34.0 Å². The molecule has 2 rings (SSSR count). The topological polar surface area (TPSA) is 121 Å². The molecular formula is C13H9F2N3O5. The number of benzene rings is 1. The third-order valence-corrected chi connectivity index (χ3v) is 2.58. The van der Waals surface area contributed by atoms with Crippen LogP contribution in [-0.4, -0.2) is 28.5 Å². The van der Waals surface area contributed by atoms with E-state index >= 15 is 0 Å². The van der Waals surface area contributed by atoms with E-state index in [2.05, 4.69) is 15.0 Å². The summed E-state index contributed by atoms with van der Waals surface area (Å²) in [5.41, 5.74) is -2.31. The number of aromatic nitrogens is 2. The van der Waals surface area contributed by atoms with Gasteiger partial charge in [0.25, 0.3) is 11.5 Å². The number of carbonyl (C=O) groups excluding carboxylic acids is 2. The molecule has 10 heteroatoms. The number of aromatic amines is 2. The fourth-order valence-electron chi connectivity index (χ4n) is 1.54. The zero-order chi connectivity index (χ0) is 17.0. The van der Waals surface area contributed by atoms with E-state index in [1.165, 1.54) is 0 Å². The first-order valence-electron chi connectivity index (χ1n) is 6.11. The number of H-pyrrole nitrogens is 2. The van der Waals surface area contributed by atoms with Crippen molar-refractivity contribution in [2.75, 3.05) is 11.9 Å². The molecule has 0 saturated carbocycles. The van der Waals surface area contributed by atoms with Crippen LogP contribution in [0.1, 0.15) is 10.4 Å². The molecular weight excluding hydrogens is 316 g/mol. The van der Waals surface area contributed by atoms with Gasteiger partial charge in [-0.2, -0.15) is 0 Å². The molecule has 8 nitrogen and oxygen atoms in total. The third-order valence-electron chi connectivity index (χ3n) is 2.58. The van der Waals surface area contributed by atoms with Crippen molar-refractivity contribution < 1.29 is 23.1 Å². The smallest absolute Gasteiger partial charge is 0.345 e. The second-order valence-electron chi connectivity index (χ2n) is 4.24. The highest BCUT2D eigenvalue weighted by molar-refractivity contribution is 5.95. The van der Waals surface area contributed by atoms with E-state index in [1.807, 2.05) is 4.98 Å². The Bertz CT molecular complexity index is 874. The molecule has 2 aromatic rings. The number of hydrogen-bond acceptors (Lipinski definition) is 5. The van der Waals surface area contributed by atoms with Crippen molar-refractivity contribution in [3.8, 4) is 0 Å². The lowest BCUT2D eigenvalue weighted by molar-refractivity contribution is -0.119. The molecule has 0 unspecified atom stereocenters. The molecule has 0 saturated heterocycles. The zero-order valence-corrected chi connectivity index (χ0v) is 11.3. The molecule has 0 bridgehead atoms. The van der Waals surface area contributed by atoms with Gasteiger partial charge in [-0.15, -0.1) is 0 Å². The number of carbonyl (C=O) groups is 2. The van der Waals surface area contributed by atoms with Crippen LogP contribution < -0.4 is 16.6 Å². The fourth-order valence-corrected chi connectivity index (χ4v) is 1.54. The average molecular weight is 325 g/mol. The van der Waals surface area contributed by atoms with Gasteiger partial charge in [0.1, 0.15) is 5.56 Å². The second kappa shape index (κ2) is 6.64. The van der Waals surface area contributed by atoms with Crippen molar-refractivity contribution in [2.24, 2.45) is 0 Å². The zero-order valence-electron chi connectivity index (χ0n) is 11.3. The van der Waals surface area contributed by atoms with Crippen molar-refractivity contribution in [1.29, 1.82) is 0 Å². The first kappa shape index (κ1) is 16.1. The maximum Gasteiger partial charge on any atom is 0.345 e. The SMILES string of the molecule is O=C(COC(=O)c1c[nH]c(=O)[nH]c1=O)Nc1ccc(F)c(F)c1. The fraction of sp³-hybridized carbons (Fsp3) is 0.0769. The quantitative estimate of drug-likeness (QED) is 0.690. The van der Waals surface area contributed by atoms with Crippen LogP contribution in [0.4, 0.5) is 14.5 Å². The van der Waals surface area contributed by atoms with Crippen LogP contribution >= 0.6 is 0 Å². The van der Waals surface area contributed by atoms with Crippen LogP contribution in [0.3, 0.4) is 0 Å². The molecule has 0 spiro atoms. The van der Waals surface area contributed by atoms with Crippen molar-refractivity contribution in [2.45, 2.75) is 0 Å². The molecule has 0 fully saturated rings. The van der Waals surface area contributed by atoms with Crippen molar-refractivity contribution in [3.05, 3.63) is 62.4 Å². The Morgan fingerprint density at radius 1 is 1.17 bits per heavy atom. The Kier molecular flexibility index (Phi) is 4.64. The maximum absolute atomic E-state index is 13.0. The van der Waals surface area contributed by atoms with Gasteiger partial charge in [0.2, 0.25) is 0 Å². The lowest BCUT2D eigenvalue weighted by Gasteiger charge is -2.06. The third kappa shape index (κ3) is 4.09. The number of hydrogen-bond donors (Lipinski definition) is 3. The lowest BCUT2D eigenvalue weighted by atomic mass is 10.3. The van der Waals surface area contributed by atoms with E-state index in [0.29, 0.717) is 0 Å². The number of amides is 1. The van der Waals surface area contributed by atoms with E-state index in [4.69, 9.17) is 0 Å². The minimum atomic E-state index is -1.15. The Morgan fingerprint density at radius 3 is 2.57 bits per heavy atom. The molecule has 0 atom stereocenters. The van der Waals surface area contributed by atoms with E-state index in [-0.39, 0.29) is 5.69 Å². The first-order chi connectivity index (χ1) is 10.9. The molecule has 1 amide bonds. The highest BCUT2D eigenvalue weighted by Crippen LogP contribution is 2.12. The van der Waals surface area contributed by atoms with Crippen LogP contribution in [0, 0.1) is 11.6 Å². The highest BCUT2D eigenvalue weighted by atomic mass is 19.2. The summed E-state index contributed by atoms with van der Waals surface area (Å²) >= 11 is 0. The van der Waals surface area contributed by atoms with E-state index in [1.54, 1.807) is 0 Å². The van der Waals surface area contributed by atoms with Crippen LogP contribution in [0.5, 0.6) is 0 Å². The van der Waals surface area contributed by atoms with Gasteiger partial charge in [0.05, 0.1) is 0 Å². The molecule has 0 aliphatic heterocycles. The Morgan fingerprint density at radius 2 is 1.91 bits per heavy atom. The average Bonchev–Trinajstić information content (AvgIpc) is 2.48. The molecule has 0 aliphatic rings. The van der Waals surface area contributed by atoms with Crippen molar-refractivity contribution in [1.82, 2.24) is 9.97 Å². The van der Waals surface area contributed by atoms with Crippen LogP contribution in [0.2, 0.25) is 0 Å². The summed E-state index contributed by atoms with van der Waals surface area (Å²) in [7, 11) is 0. The van der Waals surface area contributed by atoms with Gasteiger partial charge in [-0.25, -0.2) is 18.4 Å². The standard InChI is InChI=1S/C13H9F2N3O5/c14-8-2-1-6(3-9(8)15)17-10(19)5-23-12(21)7-4-16-13(22)18-11(7)20/h1-4H,5H2,(H,17,19)(H2,16,18,20,22). The van der Waals surface area contributed by atoms with E-state index in [9.17, 15) is 28.0 Å². The normalized spacial score (nSPS) is 10.2. The maximum atomic E-state index is 13.0. The summed E-state index contributed by atoms with van der Waals surface area (Å²) in [6.45, 7) is -0.767. The minimum absolute atomic E-state index is 0.0353. The molecule has 120 valence electrons. The molecule has 1 aromatic heterocycles. The molecule has 23 heavy (non-hydrogen) atoms. The summed E-state index contributed by atoms with van der Waals surface area (Å²) in [5, 5.41) is 2.17. The molecule has 0 aliphatic carbocycles. The van der Waals surface area contributed by atoms with E-state index < -0.39 is 46.9 Å². The molecule has 3 N–H and O–H groups in total.